The molecule has 1 saturated heterocycles. The van der Waals surface area contributed by atoms with E-state index < -0.39 is 0 Å². The Balaban J connectivity index is 1.55. The molecule has 25 heavy (non-hydrogen) atoms. The topological polar surface area (TPSA) is 32.3 Å². The van der Waals surface area contributed by atoms with Crippen LogP contribution in [0.5, 0.6) is 0 Å². The maximum absolute atomic E-state index is 13.9. The highest BCUT2D eigenvalue weighted by Crippen LogP contribution is 2.25. The van der Waals surface area contributed by atoms with E-state index in [0.717, 1.165) is 37.2 Å². The van der Waals surface area contributed by atoms with E-state index in [-0.39, 0.29) is 17.6 Å². The van der Waals surface area contributed by atoms with Crippen molar-refractivity contribution in [2.75, 3.05) is 18.4 Å². The average Bonchev–Trinajstić information content (AvgIpc) is 2.61. The van der Waals surface area contributed by atoms with Crippen LogP contribution in [-0.4, -0.2) is 23.9 Å². The Morgan fingerprint density at radius 1 is 1.20 bits per heavy atom. The Labute approximate surface area is 152 Å². The fourth-order valence-corrected chi connectivity index (χ4v) is 3.43. The molecule has 1 heterocycles. The van der Waals surface area contributed by atoms with Crippen LogP contribution in [0.1, 0.15) is 24.0 Å². The van der Waals surface area contributed by atoms with Crippen molar-refractivity contribution in [3.63, 3.8) is 0 Å². The first kappa shape index (κ1) is 17.9. The summed E-state index contributed by atoms with van der Waals surface area (Å²) in [5.74, 6) is -0.211. The molecule has 5 heteroatoms. The number of nitrogens with one attached hydrogen (secondary N) is 1. The average molecular weight is 361 g/mol. The van der Waals surface area contributed by atoms with Crippen molar-refractivity contribution in [3.8, 4) is 0 Å². The Morgan fingerprint density at radius 2 is 1.92 bits per heavy atom. The zero-order valence-corrected chi connectivity index (χ0v) is 15.0. The number of hydrogen-bond acceptors (Lipinski definition) is 2. The van der Waals surface area contributed by atoms with Crippen molar-refractivity contribution in [2.24, 2.45) is 5.92 Å². The quantitative estimate of drug-likeness (QED) is 0.861. The third kappa shape index (κ3) is 4.39. The lowest BCUT2D eigenvalue weighted by Gasteiger charge is -2.31. The van der Waals surface area contributed by atoms with E-state index in [0.29, 0.717) is 17.1 Å². The van der Waals surface area contributed by atoms with Gasteiger partial charge in [0.1, 0.15) is 5.82 Å². The van der Waals surface area contributed by atoms with Crippen LogP contribution >= 0.6 is 11.6 Å². The lowest BCUT2D eigenvalue weighted by atomic mass is 9.95. The molecular formula is C20H22ClFN2O. The third-order valence-corrected chi connectivity index (χ3v) is 5.16. The van der Waals surface area contributed by atoms with E-state index in [9.17, 15) is 9.18 Å². The minimum atomic E-state index is -0.271. The summed E-state index contributed by atoms with van der Waals surface area (Å²) in [6, 6.07) is 12.5. The summed E-state index contributed by atoms with van der Waals surface area (Å²) in [7, 11) is 0. The van der Waals surface area contributed by atoms with Crippen LogP contribution in [0.2, 0.25) is 5.02 Å². The maximum atomic E-state index is 13.9. The van der Waals surface area contributed by atoms with Gasteiger partial charge in [0.05, 0.1) is 0 Å². The number of piperidine rings is 1. The van der Waals surface area contributed by atoms with Gasteiger partial charge in [-0.05, 0) is 56.6 Å². The summed E-state index contributed by atoms with van der Waals surface area (Å²) in [6.45, 7) is 3.99. The van der Waals surface area contributed by atoms with Crippen molar-refractivity contribution >= 4 is 23.2 Å². The van der Waals surface area contributed by atoms with Crippen molar-refractivity contribution in [3.05, 3.63) is 64.4 Å². The number of aryl methyl sites for hydroxylation is 1. The zero-order chi connectivity index (χ0) is 17.8. The molecule has 0 spiro atoms. The van der Waals surface area contributed by atoms with Crippen molar-refractivity contribution in [1.29, 1.82) is 0 Å². The van der Waals surface area contributed by atoms with E-state index in [2.05, 4.69) is 10.2 Å². The smallest absolute Gasteiger partial charge is 0.227 e. The summed E-state index contributed by atoms with van der Waals surface area (Å²) < 4.78 is 13.9. The first-order valence-electron chi connectivity index (χ1n) is 8.56. The number of benzene rings is 2. The molecule has 0 saturated carbocycles. The summed E-state index contributed by atoms with van der Waals surface area (Å²) in [6.07, 6.45) is 1.54. The molecule has 1 aliphatic heterocycles. The van der Waals surface area contributed by atoms with E-state index in [1.807, 2.05) is 31.2 Å². The van der Waals surface area contributed by atoms with E-state index in [4.69, 9.17) is 11.6 Å². The van der Waals surface area contributed by atoms with Gasteiger partial charge < -0.3 is 5.32 Å². The Bertz CT molecular complexity index is 737. The Kier molecular flexibility index (Phi) is 5.71. The minimum absolute atomic E-state index is 0.00746. The second kappa shape index (κ2) is 7.98. The van der Waals surface area contributed by atoms with Gasteiger partial charge in [0.15, 0.2) is 0 Å². The van der Waals surface area contributed by atoms with Gasteiger partial charge in [-0.1, -0.05) is 35.9 Å². The normalized spacial score (nSPS) is 16.0. The number of carbonyl (C=O) groups excluding carboxylic acids is 1. The predicted octanol–water partition coefficient (Wildman–Crippen LogP) is 4.64. The first-order chi connectivity index (χ1) is 12.0. The minimum Gasteiger partial charge on any atom is -0.326 e. The van der Waals surface area contributed by atoms with Gasteiger partial charge in [-0.3, -0.25) is 9.69 Å². The fraction of sp³-hybridized carbons (Fsp3) is 0.350. The van der Waals surface area contributed by atoms with Gasteiger partial charge in [0.2, 0.25) is 5.91 Å². The molecule has 0 unspecified atom stereocenters. The van der Waals surface area contributed by atoms with E-state index in [1.165, 1.54) is 6.07 Å². The summed E-state index contributed by atoms with van der Waals surface area (Å²) in [5, 5.41) is 3.48. The van der Waals surface area contributed by atoms with Crippen LogP contribution < -0.4 is 5.32 Å². The number of nitrogens with zero attached hydrogens (tertiary/aromatic N) is 1. The standard InChI is InChI=1S/C20H22ClFN2O/c1-14-5-2-3-8-19(14)23-20(25)15-9-11-24(12-10-15)13-16-17(21)6-4-7-18(16)22/h2-8,15H,9-13H2,1H3,(H,23,25). The highest BCUT2D eigenvalue weighted by Gasteiger charge is 2.26. The van der Waals surface area contributed by atoms with E-state index >= 15 is 0 Å². The molecule has 3 rings (SSSR count). The molecule has 0 aliphatic carbocycles. The van der Waals surface area contributed by atoms with Gasteiger partial charge >= 0.3 is 0 Å². The maximum Gasteiger partial charge on any atom is 0.227 e. The van der Waals surface area contributed by atoms with Crippen molar-refractivity contribution in [2.45, 2.75) is 26.3 Å². The third-order valence-electron chi connectivity index (χ3n) is 4.80. The highest BCUT2D eigenvalue weighted by atomic mass is 35.5. The number of carbonyl (C=O) groups is 1. The number of anilines is 1. The van der Waals surface area contributed by atoms with Crippen LogP contribution in [-0.2, 0) is 11.3 Å². The number of halogens is 2. The van der Waals surface area contributed by atoms with Crippen LogP contribution in [0, 0.1) is 18.7 Å². The lowest BCUT2D eigenvalue weighted by Crippen LogP contribution is -2.38. The summed E-state index contributed by atoms with van der Waals surface area (Å²) >= 11 is 6.10. The van der Waals surface area contributed by atoms with Crippen LogP contribution in [0.15, 0.2) is 42.5 Å². The molecule has 2 aromatic rings. The van der Waals surface area contributed by atoms with E-state index in [1.54, 1.807) is 12.1 Å². The van der Waals surface area contributed by atoms with Gasteiger partial charge in [0, 0.05) is 28.7 Å². The molecule has 0 bridgehead atoms. The second-order valence-corrected chi connectivity index (χ2v) is 6.96. The monoisotopic (exact) mass is 360 g/mol. The molecule has 1 N–H and O–H groups in total. The molecule has 1 aliphatic rings. The molecular weight excluding hydrogens is 339 g/mol. The van der Waals surface area contributed by atoms with Gasteiger partial charge in [-0.15, -0.1) is 0 Å². The van der Waals surface area contributed by atoms with Crippen molar-refractivity contribution in [1.82, 2.24) is 4.90 Å². The largest absolute Gasteiger partial charge is 0.326 e. The molecule has 3 nitrogen and oxygen atoms in total. The number of rotatable bonds is 4. The highest BCUT2D eigenvalue weighted by molar-refractivity contribution is 6.31. The number of para-hydroxylation sites is 1. The Hall–Kier alpha value is -1.91. The Morgan fingerprint density at radius 3 is 2.60 bits per heavy atom. The predicted molar refractivity (Wildman–Crippen MR) is 99.2 cm³/mol. The number of hydrogen-bond donors (Lipinski definition) is 1. The summed E-state index contributed by atoms with van der Waals surface area (Å²) in [5.41, 5.74) is 2.46. The number of amides is 1. The molecule has 2 aromatic carbocycles. The zero-order valence-electron chi connectivity index (χ0n) is 14.3. The summed E-state index contributed by atoms with van der Waals surface area (Å²) in [4.78, 5) is 14.6. The number of likely N-dealkylation sites (tertiary alicyclic amines) is 1. The molecule has 1 amide bonds. The second-order valence-electron chi connectivity index (χ2n) is 6.55. The first-order valence-corrected chi connectivity index (χ1v) is 8.94. The van der Waals surface area contributed by atoms with Crippen LogP contribution in [0.3, 0.4) is 0 Å². The SMILES string of the molecule is Cc1ccccc1NC(=O)C1CCN(Cc2c(F)cccc2Cl)CC1. The van der Waals surface area contributed by atoms with Gasteiger partial charge in [-0.25, -0.2) is 4.39 Å². The molecule has 0 atom stereocenters. The van der Waals surface area contributed by atoms with Crippen LogP contribution in [0.4, 0.5) is 10.1 Å². The molecule has 0 radical (unpaired) electrons. The fourth-order valence-electron chi connectivity index (χ4n) is 3.21. The van der Waals surface area contributed by atoms with Crippen molar-refractivity contribution < 1.29 is 9.18 Å². The van der Waals surface area contributed by atoms with Crippen LogP contribution in [0.25, 0.3) is 0 Å². The molecule has 1 fully saturated rings. The molecule has 0 aromatic heterocycles. The lowest BCUT2D eigenvalue weighted by molar-refractivity contribution is -0.121. The van der Waals surface area contributed by atoms with Gasteiger partial charge in [-0.2, -0.15) is 0 Å². The van der Waals surface area contributed by atoms with Gasteiger partial charge in [0.25, 0.3) is 0 Å². The molecule has 132 valence electrons.